The largest absolute Gasteiger partial charge is 0.351 e. The Hall–Kier alpha value is -2.66. The van der Waals surface area contributed by atoms with Crippen molar-refractivity contribution in [1.82, 2.24) is 20.2 Å². The lowest BCUT2D eigenvalue weighted by atomic mass is 9.85. The quantitative estimate of drug-likeness (QED) is 0.702. The van der Waals surface area contributed by atoms with Crippen LogP contribution < -0.4 is 10.6 Å². The molecule has 1 saturated heterocycles. The molecule has 5 heteroatoms. The van der Waals surface area contributed by atoms with E-state index in [9.17, 15) is 4.79 Å². The molecule has 5 rings (SSSR count). The Kier molecular flexibility index (Phi) is 5.06. The van der Waals surface area contributed by atoms with Gasteiger partial charge in [0, 0.05) is 19.1 Å². The molecular formula is C24H28N4O. The summed E-state index contributed by atoms with van der Waals surface area (Å²) in [7, 11) is 0. The number of para-hydroxylation sites is 2. The van der Waals surface area contributed by atoms with Gasteiger partial charge in [0.05, 0.1) is 23.4 Å². The van der Waals surface area contributed by atoms with Crippen LogP contribution >= 0.6 is 0 Å². The highest BCUT2D eigenvalue weighted by Crippen LogP contribution is 2.33. The van der Waals surface area contributed by atoms with Gasteiger partial charge < -0.3 is 15.2 Å². The summed E-state index contributed by atoms with van der Waals surface area (Å²) in [6, 6.07) is 17.2. The Morgan fingerprint density at radius 2 is 1.97 bits per heavy atom. The lowest BCUT2D eigenvalue weighted by Crippen LogP contribution is -2.42. The topological polar surface area (TPSA) is 59.0 Å². The number of imidazole rings is 1. The predicted octanol–water partition coefficient (Wildman–Crippen LogP) is 3.62. The normalized spacial score (nSPS) is 23.8. The molecular weight excluding hydrogens is 360 g/mol. The van der Waals surface area contributed by atoms with E-state index in [-0.39, 0.29) is 11.9 Å². The molecule has 29 heavy (non-hydrogen) atoms. The van der Waals surface area contributed by atoms with E-state index < -0.39 is 0 Å². The van der Waals surface area contributed by atoms with Crippen molar-refractivity contribution in [3.63, 3.8) is 0 Å². The molecule has 1 saturated carbocycles. The monoisotopic (exact) mass is 388 g/mol. The van der Waals surface area contributed by atoms with Crippen molar-refractivity contribution in [3.8, 4) is 0 Å². The van der Waals surface area contributed by atoms with Crippen molar-refractivity contribution in [2.24, 2.45) is 5.92 Å². The summed E-state index contributed by atoms with van der Waals surface area (Å²) in [5, 5.41) is 6.71. The first kappa shape index (κ1) is 18.4. The first-order valence-electron chi connectivity index (χ1n) is 10.8. The first-order chi connectivity index (χ1) is 14.3. The van der Waals surface area contributed by atoms with Gasteiger partial charge in [-0.15, -0.1) is 0 Å². The molecule has 0 spiro atoms. The zero-order valence-electron chi connectivity index (χ0n) is 16.7. The van der Waals surface area contributed by atoms with Crippen molar-refractivity contribution >= 4 is 16.9 Å². The zero-order chi connectivity index (χ0) is 19.6. The fraction of sp³-hybridized carbons (Fsp3) is 0.417. The van der Waals surface area contributed by atoms with Gasteiger partial charge in [-0.1, -0.05) is 49.2 Å². The molecule has 5 nitrogen and oxygen atoms in total. The lowest BCUT2D eigenvalue weighted by molar-refractivity contribution is -0.123. The van der Waals surface area contributed by atoms with E-state index in [0.29, 0.717) is 18.5 Å². The van der Waals surface area contributed by atoms with E-state index in [1.807, 2.05) is 24.5 Å². The number of carbonyl (C=O) groups excluding carboxylic acids is 1. The third-order valence-corrected chi connectivity index (χ3v) is 6.52. The number of rotatable bonds is 5. The van der Waals surface area contributed by atoms with Crippen LogP contribution in [0.1, 0.15) is 43.2 Å². The van der Waals surface area contributed by atoms with Crippen molar-refractivity contribution in [2.45, 2.75) is 57.3 Å². The van der Waals surface area contributed by atoms with Gasteiger partial charge in [0.25, 0.3) is 0 Å². The van der Waals surface area contributed by atoms with E-state index in [1.165, 1.54) is 31.2 Å². The fourth-order valence-corrected chi connectivity index (χ4v) is 5.00. The minimum atomic E-state index is -0.0244. The summed E-state index contributed by atoms with van der Waals surface area (Å²) in [6.07, 6.45) is 7.98. The third-order valence-electron chi connectivity index (χ3n) is 6.52. The zero-order valence-corrected chi connectivity index (χ0v) is 16.7. The SMILES string of the molecule is O=C(NCc1cccc(Cn2cnc3ccccc32)c1)C1CC2CCCCC2N1. The number of aromatic nitrogens is 2. The van der Waals surface area contributed by atoms with Crippen molar-refractivity contribution < 1.29 is 4.79 Å². The van der Waals surface area contributed by atoms with Gasteiger partial charge in [-0.2, -0.15) is 0 Å². The van der Waals surface area contributed by atoms with Gasteiger partial charge in [-0.3, -0.25) is 4.79 Å². The molecule has 2 fully saturated rings. The molecule has 0 bridgehead atoms. The summed E-state index contributed by atoms with van der Waals surface area (Å²) in [5.74, 6) is 0.832. The van der Waals surface area contributed by atoms with Gasteiger partial charge in [0.15, 0.2) is 0 Å². The molecule has 3 unspecified atom stereocenters. The number of amides is 1. The van der Waals surface area contributed by atoms with Gasteiger partial charge in [-0.25, -0.2) is 4.98 Å². The number of fused-ring (bicyclic) bond motifs is 2. The summed E-state index contributed by atoms with van der Waals surface area (Å²) in [5.41, 5.74) is 4.50. The number of nitrogens with zero attached hydrogens (tertiary/aromatic N) is 2. The third kappa shape index (κ3) is 3.92. The predicted molar refractivity (Wildman–Crippen MR) is 114 cm³/mol. The standard InChI is InChI=1S/C24H28N4O/c29-24(22-13-19-8-1-2-9-20(19)27-22)25-14-17-6-5-7-18(12-17)15-28-16-26-21-10-3-4-11-23(21)28/h3-7,10-12,16,19-20,22,27H,1-2,8-9,13-15H2,(H,25,29). The van der Waals surface area contributed by atoms with E-state index in [1.54, 1.807) is 0 Å². The number of hydrogen-bond donors (Lipinski definition) is 2. The first-order valence-corrected chi connectivity index (χ1v) is 10.8. The van der Waals surface area contributed by atoms with Gasteiger partial charge in [0.2, 0.25) is 5.91 Å². The molecule has 1 aliphatic carbocycles. The summed E-state index contributed by atoms with van der Waals surface area (Å²) in [6.45, 7) is 1.35. The average Bonchev–Trinajstić information content (AvgIpc) is 3.37. The van der Waals surface area contributed by atoms with Crippen molar-refractivity contribution in [3.05, 3.63) is 66.0 Å². The molecule has 1 amide bonds. The Balaban J connectivity index is 1.21. The van der Waals surface area contributed by atoms with Gasteiger partial charge in [0.1, 0.15) is 0 Å². The fourth-order valence-electron chi connectivity index (χ4n) is 5.00. The Morgan fingerprint density at radius 3 is 2.90 bits per heavy atom. The molecule has 2 N–H and O–H groups in total. The second-order valence-corrected chi connectivity index (χ2v) is 8.50. The van der Waals surface area contributed by atoms with Crippen LogP contribution in [-0.2, 0) is 17.9 Å². The Morgan fingerprint density at radius 1 is 1.10 bits per heavy atom. The summed E-state index contributed by atoms with van der Waals surface area (Å²) < 4.78 is 2.16. The van der Waals surface area contributed by atoms with Crippen LogP contribution in [-0.4, -0.2) is 27.5 Å². The van der Waals surface area contributed by atoms with Crippen molar-refractivity contribution in [2.75, 3.05) is 0 Å². The van der Waals surface area contributed by atoms with E-state index in [4.69, 9.17) is 0 Å². The highest BCUT2D eigenvalue weighted by molar-refractivity contribution is 5.82. The molecule has 3 atom stereocenters. The van der Waals surface area contributed by atoms with Crippen LogP contribution in [0.3, 0.4) is 0 Å². The Labute approximate surface area is 171 Å². The number of nitrogens with one attached hydrogen (secondary N) is 2. The van der Waals surface area contributed by atoms with Crippen LogP contribution in [0.25, 0.3) is 11.0 Å². The molecule has 150 valence electrons. The molecule has 2 heterocycles. The summed E-state index contributed by atoms with van der Waals surface area (Å²) in [4.78, 5) is 17.1. The number of benzene rings is 2. The molecule has 2 aliphatic rings. The maximum atomic E-state index is 12.7. The van der Waals surface area contributed by atoms with Crippen LogP contribution in [0, 0.1) is 5.92 Å². The van der Waals surface area contributed by atoms with E-state index in [2.05, 4.69) is 50.5 Å². The van der Waals surface area contributed by atoms with Gasteiger partial charge >= 0.3 is 0 Å². The van der Waals surface area contributed by atoms with Crippen LogP contribution in [0.4, 0.5) is 0 Å². The second kappa shape index (κ2) is 7.99. The van der Waals surface area contributed by atoms with Crippen LogP contribution in [0.15, 0.2) is 54.9 Å². The molecule has 0 radical (unpaired) electrons. The summed E-state index contributed by atoms with van der Waals surface area (Å²) >= 11 is 0. The Bertz CT molecular complexity index is 997. The molecule has 1 aromatic heterocycles. The maximum absolute atomic E-state index is 12.7. The minimum Gasteiger partial charge on any atom is -0.351 e. The smallest absolute Gasteiger partial charge is 0.237 e. The van der Waals surface area contributed by atoms with Crippen LogP contribution in [0.5, 0.6) is 0 Å². The van der Waals surface area contributed by atoms with Gasteiger partial charge in [-0.05, 0) is 48.4 Å². The number of hydrogen-bond acceptors (Lipinski definition) is 3. The molecule has 2 aromatic carbocycles. The molecule has 3 aromatic rings. The minimum absolute atomic E-state index is 0.0244. The lowest BCUT2D eigenvalue weighted by Gasteiger charge is -2.24. The number of carbonyl (C=O) groups is 1. The maximum Gasteiger partial charge on any atom is 0.237 e. The highest BCUT2D eigenvalue weighted by Gasteiger charge is 2.37. The van der Waals surface area contributed by atoms with E-state index >= 15 is 0 Å². The van der Waals surface area contributed by atoms with Crippen LogP contribution in [0.2, 0.25) is 0 Å². The van der Waals surface area contributed by atoms with E-state index in [0.717, 1.165) is 29.6 Å². The second-order valence-electron chi connectivity index (χ2n) is 8.50. The average molecular weight is 389 g/mol. The highest BCUT2D eigenvalue weighted by atomic mass is 16.2. The van der Waals surface area contributed by atoms with Crippen molar-refractivity contribution in [1.29, 1.82) is 0 Å². The molecule has 1 aliphatic heterocycles.